The van der Waals surface area contributed by atoms with Crippen LogP contribution in [0.4, 0.5) is 0 Å². The van der Waals surface area contributed by atoms with Crippen LogP contribution in [0.1, 0.15) is 19.2 Å². The monoisotopic (exact) mass is 259 g/mol. The molecule has 7 nitrogen and oxygen atoms in total. The summed E-state index contributed by atoms with van der Waals surface area (Å²) < 4.78 is 27.8. The second-order valence-electron chi connectivity index (χ2n) is 3.77. The van der Waals surface area contributed by atoms with Gasteiger partial charge in [-0.15, -0.1) is 0 Å². The van der Waals surface area contributed by atoms with E-state index in [1.54, 1.807) is 25.5 Å². The van der Waals surface area contributed by atoms with Gasteiger partial charge in [0.25, 0.3) is 10.0 Å². The number of nitrogens with one attached hydrogen (secondary N) is 2. The Kier molecular flexibility index (Phi) is 3.89. The van der Waals surface area contributed by atoms with E-state index in [2.05, 4.69) is 9.71 Å². The molecule has 0 aromatic carbocycles. The van der Waals surface area contributed by atoms with Crippen LogP contribution in [0.3, 0.4) is 0 Å². The van der Waals surface area contributed by atoms with E-state index in [1.807, 2.05) is 0 Å². The van der Waals surface area contributed by atoms with Crippen molar-refractivity contribution in [2.45, 2.75) is 31.3 Å². The van der Waals surface area contributed by atoms with Crippen molar-refractivity contribution in [3.63, 3.8) is 0 Å². The van der Waals surface area contributed by atoms with Crippen LogP contribution in [-0.4, -0.2) is 29.8 Å². The van der Waals surface area contributed by atoms with Crippen molar-refractivity contribution in [2.75, 3.05) is 0 Å². The van der Waals surface area contributed by atoms with E-state index in [4.69, 9.17) is 11.1 Å². The topological polar surface area (TPSA) is 114 Å². The minimum atomic E-state index is -3.72. The fraction of sp³-hybridized carbons (Fsp3) is 0.556. The normalized spacial score (nSPS) is 13.6. The standard InChI is InChI=1S/C9H17N5O2S/c1-4-7(9(10)11)13-17(15,16)8-5-14(3)6(2)12-8/h5,7,13H,4H2,1-3H3,(H3,10,11). The molecule has 1 aromatic rings. The number of imidazole rings is 1. The average molecular weight is 259 g/mol. The Bertz CT molecular complexity index is 500. The Morgan fingerprint density at radius 1 is 1.71 bits per heavy atom. The molecule has 96 valence electrons. The van der Waals surface area contributed by atoms with Crippen LogP contribution in [0.25, 0.3) is 0 Å². The van der Waals surface area contributed by atoms with Gasteiger partial charge in [-0.3, -0.25) is 5.41 Å². The van der Waals surface area contributed by atoms with Crippen molar-refractivity contribution in [3.05, 3.63) is 12.0 Å². The first kappa shape index (κ1) is 13.7. The summed E-state index contributed by atoms with van der Waals surface area (Å²) >= 11 is 0. The molecular weight excluding hydrogens is 242 g/mol. The van der Waals surface area contributed by atoms with Crippen molar-refractivity contribution in [1.29, 1.82) is 5.41 Å². The van der Waals surface area contributed by atoms with Gasteiger partial charge in [0.15, 0.2) is 5.03 Å². The van der Waals surface area contributed by atoms with E-state index in [9.17, 15) is 8.42 Å². The van der Waals surface area contributed by atoms with Crippen LogP contribution >= 0.6 is 0 Å². The molecule has 0 aliphatic heterocycles. The summed E-state index contributed by atoms with van der Waals surface area (Å²) in [7, 11) is -2.01. The highest BCUT2D eigenvalue weighted by Crippen LogP contribution is 2.08. The highest BCUT2D eigenvalue weighted by atomic mass is 32.2. The molecule has 4 N–H and O–H groups in total. The molecule has 1 rings (SSSR count). The molecule has 0 aliphatic rings. The molecule has 1 atom stereocenters. The predicted octanol–water partition coefficient (Wildman–Crippen LogP) is -0.279. The quantitative estimate of drug-likeness (QED) is 0.498. The van der Waals surface area contributed by atoms with Gasteiger partial charge in [0.1, 0.15) is 11.7 Å². The molecule has 8 heteroatoms. The number of rotatable bonds is 5. The van der Waals surface area contributed by atoms with Gasteiger partial charge in [-0.05, 0) is 13.3 Å². The lowest BCUT2D eigenvalue weighted by Gasteiger charge is -2.13. The van der Waals surface area contributed by atoms with E-state index < -0.39 is 16.1 Å². The minimum absolute atomic E-state index is 0.0581. The number of nitrogens with two attached hydrogens (primary N) is 1. The third-order valence-electron chi connectivity index (χ3n) is 2.44. The number of aromatic nitrogens is 2. The number of hydrogen-bond acceptors (Lipinski definition) is 4. The summed E-state index contributed by atoms with van der Waals surface area (Å²) in [6.07, 6.45) is 1.84. The minimum Gasteiger partial charge on any atom is -0.386 e. The van der Waals surface area contributed by atoms with E-state index in [1.165, 1.54) is 6.20 Å². The number of nitrogens with zero attached hydrogens (tertiary/aromatic N) is 2. The summed E-state index contributed by atoms with van der Waals surface area (Å²) in [5.41, 5.74) is 5.30. The molecule has 1 aromatic heterocycles. The average Bonchev–Trinajstić information content (AvgIpc) is 2.56. The number of aryl methyl sites for hydroxylation is 2. The van der Waals surface area contributed by atoms with Gasteiger partial charge >= 0.3 is 0 Å². The lowest BCUT2D eigenvalue weighted by Crippen LogP contribution is -2.43. The zero-order valence-electron chi connectivity index (χ0n) is 10.1. The molecule has 0 fully saturated rings. The summed E-state index contributed by atoms with van der Waals surface area (Å²) in [5.74, 6) is 0.393. The van der Waals surface area contributed by atoms with Gasteiger partial charge < -0.3 is 10.3 Å². The Balaban J connectivity index is 3.00. The van der Waals surface area contributed by atoms with Crippen molar-refractivity contribution >= 4 is 15.9 Å². The number of amidine groups is 1. The fourth-order valence-electron chi connectivity index (χ4n) is 1.27. The summed E-state index contributed by atoms with van der Waals surface area (Å²) in [4.78, 5) is 3.93. The van der Waals surface area contributed by atoms with Crippen molar-refractivity contribution in [3.8, 4) is 0 Å². The smallest absolute Gasteiger partial charge is 0.260 e. The first-order valence-electron chi connectivity index (χ1n) is 5.14. The molecule has 0 radical (unpaired) electrons. The van der Waals surface area contributed by atoms with Crippen molar-refractivity contribution in [1.82, 2.24) is 14.3 Å². The Morgan fingerprint density at radius 3 is 2.65 bits per heavy atom. The molecule has 0 aliphatic carbocycles. The molecule has 0 amide bonds. The summed E-state index contributed by atoms with van der Waals surface area (Å²) in [6, 6.07) is -0.692. The van der Waals surface area contributed by atoms with Gasteiger partial charge in [0, 0.05) is 13.2 Å². The maximum Gasteiger partial charge on any atom is 0.260 e. The van der Waals surface area contributed by atoms with Crippen molar-refractivity contribution < 1.29 is 8.42 Å². The lowest BCUT2D eigenvalue weighted by atomic mass is 10.2. The van der Waals surface area contributed by atoms with Crippen LogP contribution in [-0.2, 0) is 17.1 Å². The predicted molar refractivity (Wildman–Crippen MR) is 64.3 cm³/mol. The van der Waals surface area contributed by atoms with Crippen LogP contribution in [0, 0.1) is 12.3 Å². The van der Waals surface area contributed by atoms with Crippen LogP contribution < -0.4 is 10.5 Å². The fourth-order valence-corrected chi connectivity index (χ4v) is 2.61. The van der Waals surface area contributed by atoms with E-state index in [0.29, 0.717) is 12.2 Å². The zero-order chi connectivity index (χ0) is 13.2. The SMILES string of the molecule is CCC(NS(=O)(=O)c1cn(C)c(C)n1)C(=N)N. The Labute approximate surface area is 101 Å². The summed E-state index contributed by atoms with van der Waals surface area (Å²) in [5, 5.41) is 7.21. The van der Waals surface area contributed by atoms with Crippen molar-refractivity contribution in [2.24, 2.45) is 12.8 Å². The van der Waals surface area contributed by atoms with Gasteiger partial charge in [0.2, 0.25) is 0 Å². The maximum atomic E-state index is 11.9. The van der Waals surface area contributed by atoms with Gasteiger partial charge in [-0.2, -0.15) is 4.72 Å². The molecule has 0 saturated carbocycles. The molecule has 1 heterocycles. The first-order chi connectivity index (χ1) is 7.77. The molecule has 1 unspecified atom stereocenters. The second-order valence-corrected chi connectivity index (χ2v) is 5.44. The Morgan fingerprint density at radius 2 is 2.29 bits per heavy atom. The third-order valence-corrected chi connectivity index (χ3v) is 3.79. The highest BCUT2D eigenvalue weighted by Gasteiger charge is 2.23. The van der Waals surface area contributed by atoms with E-state index in [-0.39, 0.29) is 10.9 Å². The van der Waals surface area contributed by atoms with Crippen LogP contribution in [0.15, 0.2) is 11.2 Å². The number of sulfonamides is 1. The molecule has 17 heavy (non-hydrogen) atoms. The molecular formula is C9H17N5O2S. The molecule has 0 spiro atoms. The Hall–Kier alpha value is -1.41. The third kappa shape index (κ3) is 3.04. The largest absolute Gasteiger partial charge is 0.386 e. The van der Waals surface area contributed by atoms with Gasteiger partial charge in [-0.1, -0.05) is 6.92 Å². The molecule has 0 bridgehead atoms. The van der Waals surface area contributed by atoms with Gasteiger partial charge in [-0.25, -0.2) is 13.4 Å². The number of hydrogen-bond donors (Lipinski definition) is 3. The van der Waals surface area contributed by atoms with Gasteiger partial charge in [0.05, 0.1) is 6.04 Å². The van der Waals surface area contributed by atoms with Crippen LogP contribution in [0.5, 0.6) is 0 Å². The van der Waals surface area contributed by atoms with Crippen LogP contribution in [0.2, 0.25) is 0 Å². The molecule has 0 saturated heterocycles. The highest BCUT2D eigenvalue weighted by molar-refractivity contribution is 7.89. The second kappa shape index (κ2) is 4.84. The van der Waals surface area contributed by atoms with E-state index in [0.717, 1.165) is 0 Å². The lowest BCUT2D eigenvalue weighted by molar-refractivity contribution is 0.568. The summed E-state index contributed by atoms with van der Waals surface area (Å²) in [6.45, 7) is 3.46. The maximum absolute atomic E-state index is 11.9. The first-order valence-corrected chi connectivity index (χ1v) is 6.62. The zero-order valence-corrected chi connectivity index (χ0v) is 10.9. The van der Waals surface area contributed by atoms with E-state index >= 15 is 0 Å².